The molecular formula is C24H35IN4O2. The number of guanidine groups is 1. The summed E-state index contributed by atoms with van der Waals surface area (Å²) in [6, 6.07) is 14.1. The number of rotatable bonds is 9. The number of anilines is 1. The molecule has 3 N–H and O–H groups in total. The zero-order valence-corrected chi connectivity index (χ0v) is 21.4. The number of methoxy groups -OCH3 is 1. The molecule has 0 heterocycles. The second-order valence-corrected chi connectivity index (χ2v) is 7.75. The van der Waals surface area contributed by atoms with Gasteiger partial charge in [0.1, 0.15) is 5.75 Å². The van der Waals surface area contributed by atoms with E-state index in [1.807, 2.05) is 45.0 Å². The molecule has 1 amide bonds. The molecule has 0 radical (unpaired) electrons. The van der Waals surface area contributed by atoms with Gasteiger partial charge in [-0.15, -0.1) is 24.0 Å². The minimum Gasteiger partial charge on any atom is -0.496 e. The molecule has 0 aliphatic rings. The molecular weight excluding hydrogens is 503 g/mol. The van der Waals surface area contributed by atoms with Crippen LogP contribution < -0.4 is 20.7 Å². The highest BCUT2D eigenvalue weighted by Crippen LogP contribution is 2.19. The van der Waals surface area contributed by atoms with Crippen LogP contribution in [0, 0.1) is 12.8 Å². The second-order valence-electron chi connectivity index (χ2n) is 7.75. The molecule has 0 unspecified atom stereocenters. The summed E-state index contributed by atoms with van der Waals surface area (Å²) in [5, 5.41) is 9.61. The number of nitrogens with one attached hydrogen (secondary N) is 3. The van der Waals surface area contributed by atoms with E-state index in [4.69, 9.17) is 4.74 Å². The first-order valence-electron chi connectivity index (χ1n) is 10.4. The van der Waals surface area contributed by atoms with Gasteiger partial charge in [-0.05, 0) is 54.2 Å². The fourth-order valence-corrected chi connectivity index (χ4v) is 3.09. The fourth-order valence-electron chi connectivity index (χ4n) is 3.09. The van der Waals surface area contributed by atoms with Gasteiger partial charge in [0.05, 0.1) is 7.11 Å². The number of aliphatic imine (C=N–C) groups is 1. The Balaban J connectivity index is 0.00000480. The quantitative estimate of drug-likeness (QED) is 0.250. The summed E-state index contributed by atoms with van der Waals surface area (Å²) in [4.78, 5) is 16.3. The van der Waals surface area contributed by atoms with Crippen LogP contribution in [0.25, 0.3) is 0 Å². The molecule has 0 spiro atoms. The van der Waals surface area contributed by atoms with E-state index < -0.39 is 0 Å². The third-order valence-electron chi connectivity index (χ3n) is 4.67. The number of carbonyl (C=O) groups excluding carboxylic acids is 1. The first-order valence-corrected chi connectivity index (χ1v) is 10.4. The average molecular weight is 538 g/mol. The Morgan fingerprint density at radius 3 is 2.55 bits per heavy atom. The van der Waals surface area contributed by atoms with Gasteiger partial charge in [-0.25, -0.2) is 0 Å². The van der Waals surface area contributed by atoms with Crippen molar-refractivity contribution < 1.29 is 9.53 Å². The lowest BCUT2D eigenvalue weighted by Gasteiger charge is -2.13. The molecule has 0 bridgehead atoms. The number of aryl methyl sites for hydroxylation is 1. The minimum absolute atomic E-state index is 0. The van der Waals surface area contributed by atoms with E-state index in [2.05, 4.69) is 39.1 Å². The van der Waals surface area contributed by atoms with Crippen molar-refractivity contribution in [2.24, 2.45) is 10.9 Å². The molecule has 6 nitrogen and oxygen atoms in total. The van der Waals surface area contributed by atoms with Crippen molar-refractivity contribution in [1.82, 2.24) is 10.6 Å². The maximum Gasteiger partial charge on any atom is 0.224 e. The van der Waals surface area contributed by atoms with Crippen LogP contribution in [-0.4, -0.2) is 32.6 Å². The maximum atomic E-state index is 12.0. The van der Waals surface area contributed by atoms with Crippen molar-refractivity contribution >= 4 is 41.5 Å². The zero-order chi connectivity index (χ0) is 21.9. The topological polar surface area (TPSA) is 74.8 Å². The van der Waals surface area contributed by atoms with E-state index in [1.54, 1.807) is 14.2 Å². The van der Waals surface area contributed by atoms with Gasteiger partial charge in [-0.3, -0.25) is 9.79 Å². The molecule has 0 saturated heterocycles. The lowest BCUT2D eigenvalue weighted by atomic mass is 10.1. The van der Waals surface area contributed by atoms with E-state index >= 15 is 0 Å². The zero-order valence-electron chi connectivity index (χ0n) is 19.1. The summed E-state index contributed by atoms with van der Waals surface area (Å²) in [5.41, 5.74) is 4.24. The van der Waals surface area contributed by atoms with Crippen molar-refractivity contribution in [2.45, 2.75) is 40.2 Å². The first-order chi connectivity index (χ1) is 14.4. The van der Waals surface area contributed by atoms with Gasteiger partial charge < -0.3 is 20.7 Å². The molecule has 2 aromatic carbocycles. The van der Waals surface area contributed by atoms with Crippen molar-refractivity contribution in [3.63, 3.8) is 0 Å². The minimum atomic E-state index is 0. The molecule has 7 heteroatoms. The van der Waals surface area contributed by atoms with E-state index in [-0.39, 0.29) is 29.9 Å². The van der Waals surface area contributed by atoms with E-state index in [0.29, 0.717) is 18.9 Å². The highest BCUT2D eigenvalue weighted by atomic mass is 127. The lowest BCUT2D eigenvalue weighted by Crippen LogP contribution is -2.37. The summed E-state index contributed by atoms with van der Waals surface area (Å²) in [5.74, 6) is 2.03. The highest BCUT2D eigenvalue weighted by molar-refractivity contribution is 14.0. The molecule has 2 rings (SSSR count). The molecule has 0 fully saturated rings. The number of hydrogen-bond acceptors (Lipinski definition) is 3. The Hall–Kier alpha value is -2.29. The van der Waals surface area contributed by atoms with E-state index in [9.17, 15) is 4.79 Å². The van der Waals surface area contributed by atoms with Gasteiger partial charge in [0.15, 0.2) is 5.96 Å². The lowest BCUT2D eigenvalue weighted by molar-refractivity contribution is -0.116. The van der Waals surface area contributed by atoms with Crippen LogP contribution in [0.1, 0.15) is 37.0 Å². The van der Waals surface area contributed by atoms with Gasteiger partial charge in [-0.2, -0.15) is 0 Å². The number of amides is 1. The molecule has 0 aliphatic heterocycles. The molecule has 31 heavy (non-hydrogen) atoms. The number of halogens is 1. The smallest absolute Gasteiger partial charge is 0.224 e. The summed E-state index contributed by atoms with van der Waals surface area (Å²) in [6.07, 6.45) is 1.39. The SMILES string of the molecule is CN=C(NCCc1ccc(C)c(OC)c1)NCc1cccc(NC(=O)CC(C)C)c1.I. The second kappa shape index (κ2) is 13.9. The van der Waals surface area contributed by atoms with Crippen LogP contribution in [0.15, 0.2) is 47.5 Å². The molecule has 0 atom stereocenters. The van der Waals surface area contributed by atoms with Gasteiger partial charge in [0, 0.05) is 32.2 Å². The van der Waals surface area contributed by atoms with Gasteiger partial charge in [0.2, 0.25) is 5.91 Å². The summed E-state index contributed by atoms with van der Waals surface area (Å²) in [7, 11) is 3.45. The van der Waals surface area contributed by atoms with Gasteiger partial charge in [0.25, 0.3) is 0 Å². The molecule has 0 aromatic heterocycles. The Morgan fingerprint density at radius 1 is 1.10 bits per heavy atom. The standard InChI is InChI=1S/C24H34N4O2.HI/c1-17(2)13-23(29)28-21-8-6-7-20(14-21)16-27-24(25-4)26-12-11-19-10-9-18(3)22(15-19)30-5;/h6-10,14-15,17H,11-13,16H2,1-5H3,(H,28,29)(H2,25,26,27);1H. The normalized spacial score (nSPS) is 11.0. The summed E-state index contributed by atoms with van der Waals surface area (Å²) in [6.45, 7) is 7.49. The van der Waals surface area contributed by atoms with Crippen LogP contribution in [0.4, 0.5) is 5.69 Å². The molecule has 2 aromatic rings. The third-order valence-corrected chi connectivity index (χ3v) is 4.67. The number of benzene rings is 2. The van der Waals surface area contributed by atoms with Crippen molar-refractivity contribution in [2.75, 3.05) is 26.0 Å². The van der Waals surface area contributed by atoms with Crippen molar-refractivity contribution in [1.29, 1.82) is 0 Å². The molecule has 0 saturated carbocycles. The number of carbonyl (C=O) groups is 1. The summed E-state index contributed by atoms with van der Waals surface area (Å²) < 4.78 is 5.39. The van der Waals surface area contributed by atoms with Gasteiger partial charge in [-0.1, -0.05) is 38.1 Å². The summed E-state index contributed by atoms with van der Waals surface area (Å²) >= 11 is 0. The Bertz CT molecular complexity index is 868. The van der Waals surface area contributed by atoms with Crippen LogP contribution in [0.5, 0.6) is 5.75 Å². The Kier molecular flexibility index (Phi) is 12.0. The fraction of sp³-hybridized carbons (Fsp3) is 0.417. The average Bonchev–Trinajstić information content (AvgIpc) is 2.71. The van der Waals surface area contributed by atoms with Crippen molar-refractivity contribution in [3.05, 3.63) is 59.2 Å². The highest BCUT2D eigenvalue weighted by Gasteiger charge is 2.06. The number of hydrogen-bond donors (Lipinski definition) is 3. The number of nitrogens with zero attached hydrogens (tertiary/aromatic N) is 1. The molecule has 170 valence electrons. The predicted molar refractivity (Wildman–Crippen MR) is 140 cm³/mol. The van der Waals surface area contributed by atoms with Crippen LogP contribution in [-0.2, 0) is 17.8 Å². The predicted octanol–water partition coefficient (Wildman–Crippen LogP) is 4.51. The van der Waals surface area contributed by atoms with E-state index in [1.165, 1.54) is 5.56 Å². The van der Waals surface area contributed by atoms with Crippen LogP contribution >= 0.6 is 24.0 Å². The maximum absolute atomic E-state index is 12.0. The van der Waals surface area contributed by atoms with Crippen LogP contribution in [0.3, 0.4) is 0 Å². The first kappa shape index (κ1) is 26.7. The van der Waals surface area contributed by atoms with Crippen molar-refractivity contribution in [3.8, 4) is 5.75 Å². The van der Waals surface area contributed by atoms with E-state index in [0.717, 1.165) is 41.5 Å². The third kappa shape index (κ3) is 9.59. The Morgan fingerprint density at radius 2 is 1.87 bits per heavy atom. The molecule has 0 aliphatic carbocycles. The number of ether oxygens (including phenoxy) is 1. The van der Waals surface area contributed by atoms with Crippen LogP contribution in [0.2, 0.25) is 0 Å². The Labute approximate surface area is 203 Å². The van der Waals surface area contributed by atoms with Gasteiger partial charge >= 0.3 is 0 Å². The largest absolute Gasteiger partial charge is 0.496 e. The monoisotopic (exact) mass is 538 g/mol.